The number of sulfonamides is 1. The van der Waals surface area contributed by atoms with Crippen LogP contribution in [0.3, 0.4) is 0 Å². The van der Waals surface area contributed by atoms with Gasteiger partial charge >= 0.3 is 0 Å². The van der Waals surface area contributed by atoms with E-state index in [1.165, 1.54) is 0 Å². The van der Waals surface area contributed by atoms with Crippen molar-refractivity contribution >= 4 is 26.0 Å². The Bertz CT molecular complexity index is 622. The minimum atomic E-state index is -3.60. The summed E-state index contributed by atoms with van der Waals surface area (Å²) in [5.41, 5.74) is 6.92. The highest BCUT2D eigenvalue weighted by atomic mass is 79.9. The highest BCUT2D eigenvalue weighted by molar-refractivity contribution is 9.10. The molecule has 0 saturated heterocycles. The Labute approximate surface area is 134 Å². The lowest BCUT2D eigenvalue weighted by Gasteiger charge is -2.40. The minimum absolute atomic E-state index is 0.230. The summed E-state index contributed by atoms with van der Waals surface area (Å²) in [4.78, 5) is 0.230. The molecule has 1 aliphatic rings. The second kappa shape index (κ2) is 6.34. The van der Waals surface area contributed by atoms with E-state index < -0.39 is 10.0 Å². The van der Waals surface area contributed by atoms with Gasteiger partial charge in [-0.05, 0) is 59.3 Å². The molecule has 0 bridgehead atoms. The molecule has 7 heteroatoms. The number of methoxy groups -OCH3 is 1. The average molecular weight is 377 g/mol. The van der Waals surface area contributed by atoms with E-state index >= 15 is 0 Å². The van der Waals surface area contributed by atoms with Gasteiger partial charge in [0.2, 0.25) is 10.0 Å². The van der Waals surface area contributed by atoms with Gasteiger partial charge in [-0.3, -0.25) is 0 Å². The van der Waals surface area contributed by atoms with Crippen molar-refractivity contribution in [1.29, 1.82) is 0 Å². The highest BCUT2D eigenvalue weighted by Gasteiger charge is 2.38. The third-order valence-electron chi connectivity index (χ3n) is 4.09. The predicted octanol–water partition coefficient (Wildman–Crippen LogP) is 2.06. The summed E-state index contributed by atoms with van der Waals surface area (Å²) in [5, 5.41) is 0. The average Bonchev–Trinajstić information content (AvgIpc) is 2.40. The molecule has 3 N–H and O–H groups in total. The fourth-order valence-corrected chi connectivity index (χ4v) is 4.63. The summed E-state index contributed by atoms with van der Waals surface area (Å²) in [6.45, 7) is 2.45. The Morgan fingerprint density at radius 2 is 2.10 bits per heavy atom. The quantitative estimate of drug-likeness (QED) is 0.795. The molecular formula is C14H21BrN2O3S. The van der Waals surface area contributed by atoms with E-state index in [0.717, 1.165) is 30.4 Å². The second-order valence-corrected chi connectivity index (χ2v) is 8.02. The first-order chi connectivity index (χ1) is 9.83. The molecule has 1 fully saturated rings. The van der Waals surface area contributed by atoms with Gasteiger partial charge < -0.3 is 10.5 Å². The van der Waals surface area contributed by atoms with Crippen molar-refractivity contribution in [3.63, 3.8) is 0 Å². The van der Waals surface area contributed by atoms with E-state index in [4.69, 9.17) is 10.5 Å². The van der Waals surface area contributed by atoms with E-state index in [2.05, 4.69) is 20.7 Å². The smallest absolute Gasteiger partial charge is 0.241 e. The molecule has 0 spiro atoms. The Hall–Kier alpha value is -0.470. The van der Waals surface area contributed by atoms with Crippen LogP contribution < -0.4 is 10.5 Å². The Morgan fingerprint density at radius 1 is 1.43 bits per heavy atom. The SMILES string of the molecule is COC1(CNS(=O)(=O)c2cc(CN)cc(C)c2Br)CCC1. The molecule has 2 rings (SSSR count). The van der Waals surface area contributed by atoms with Crippen molar-refractivity contribution in [2.45, 2.75) is 43.2 Å². The van der Waals surface area contributed by atoms with Gasteiger partial charge in [0.25, 0.3) is 0 Å². The molecule has 118 valence electrons. The standard InChI is InChI=1S/C14H21BrN2O3S/c1-10-6-11(8-16)7-12(13(10)15)21(18,19)17-9-14(20-2)4-3-5-14/h6-7,17H,3-5,8-9,16H2,1-2H3. The topological polar surface area (TPSA) is 81.4 Å². The van der Waals surface area contributed by atoms with Crippen LogP contribution in [-0.4, -0.2) is 27.7 Å². The van der Waals surface area contributed by atoms with Crippen LogP contribution in [0, 0.1) is 6.92 Å². The van der Waals surface area contributed by atoms with Crippen molar-refractivity contribution < 1.29 is 13.2 Å². The van der Waals surface area contributed by atoms with Gasteiger partial charge in [-0.15, -0.1) is 0 Å². The van der Waals surface area contributed by atoms with Gasteiger partial charge in [-0.2, -0.15) is 0 Å². The first kappa shape index (κ1) is 16.9. The number of halogens is 1. The third kappa shape index (κ3) is 3.48. The molecule has 1 aromatic carbocycles. The maximum absolute atomic E-state index is 12.5. The second-order valence-electron chi connectivity index (χ2n) is 5.49. The van der Waals surface area contributed by atoms with Crippen LogP contribution in [0.15, 0.2) is 21.5 Å². The summed E-state index contributed by atoms with van der Waals surface area (Å²) in [7, 11) is -1.97. The number of hydrogen-bond donors (Lipinski definition) is 2. The largest absolute Gasteiger partial charge is 0.377 e. The van der Waals surface area contributed by atoms with Gasteiger partial charge in [-0.25, -0.2) is 13.1 Å². The van der Waals surface area contributed by atoms with E-state index in [0.29, 0.717) is 17.6 Å². The molecule has 0 atom stereocenters. The van der Waals surface area contributed by atoms with Gasteiger partial charge in [0.1, 0.15) is 0 Å². The molecule has 5 nitrogen and oxygen atoms in total. The fourth-order valence-electron chi connectivity index (χ4n) is 2.45. The summed E-state index contributed by atoms with van der Waals surface area (Å²) in [6.07, 6.45) is 2.84. The van der Waals surface area contributed by atoms with Crippen molar-refractivity contribution in [2.75, 3.05) is 13.7 Å². The zero-order valence-corrected chi connectivity index (χ0v) is 14.7. The van der Waals surface area contributed by atoms with Crippen molar-refractivity contribution in [2.24, 2.45) is 5.73 Å². The number of nitrogens with two attached hydrogens (primary N) is 1. The highest BCUT2D eigenvalue weighted by Crippen LogP contribution is 2.35. The molecule has 1 saturated carbocycles. The summed E-state index contributed by atoms with van der Waals surface area (Å²) >= 11 is 3.36. The number of ether oxygens (including phenoxy) is 1. The molecule has 0 aromatic heterocycles. The summed E-state index contributed by atoms with van der Waals surface area (Å²) < 4.78 is 33.8. The van der Waals surface area contributed by atoms with Crippen LogP contribution >= 0.6 is 15.9 Å². The van der Waals surface area contributed by atoms with Crippen molar-refractivity contribution in [3.05, 3.63) is 27.7 Å². The van der Waals surface area contributed by atoms with Crippen LogP contribution in [0.25, 0.3) is 0 Å². The van der Waals surface area contributed by atoms with Crippen LogP contribution in [-0.2, 0) is 21.3 Å². The van der Waals surface area contributed by atoms with Crippen LogP contribution in [0.2, 0.25) is 0 Å². The van der Waals surface area contributed by atoms with Gasteiger partial charge in [0.15, 0.2) is 0 Å². The number of benzene rings is 1. The van der Waals surface area contributed by atoms with Crippen LogP contribution in [0.4, 0.5) is 0 Å². The maximum Gasteiger partial charge on any atom is 0.241 e. The lowest BCUT2D eigenvalue weighted by Crippen LogP contribution is -2.49. The number of aryl methyl sites for hydroxylation is 1. The number of nitrogens with one attached hydrogen (secondary N) is 1. The molecule has 0 amide bonds. The minimum Gasteiger partial charge on any atom is -0.377 e. The monoisotopic (exact) mass is 376 g/mol. The van der Waals surface area contributed by atoms with Crippen molar-refractivity contribution in [1.82, 2.24) is 4.72 Å². The predicted molar refractivity (Wildman–Crippen MR) is 85.5 cm³/mol. The third-order valence-corrected chi connectivity index (χ3v) is 6.83. The Morgan fingerprint density at radius 3 is 2.57 bits per heavy atom. The zero-order chi connectivity index (χ0) is 15.7. The first-order valence-electron chi connectivity index (χ1n) is 6.87. The van der Waals surface area contributed by atoms with E-state index in [1.807, 2.05) is 13.0 Å². The first-order valence-corrected chi connectivity index (χ1v) is 9.15. The van der Waals surface area contributed by atoms with Crippen molar-refractivity contribution in [3.8, 4) is 0 Å². The summed E-state index contributed by atoms with van der Waals surface area (Å²) in [6, 6.07) is 3.49. The van der Waals surface area contributed by atoms with E-state index in [9.17, 15) is 8.42 Å². The fraction of sp³-hybridized carbons (Fsp3) is 0.571. The zero-order valence-electron chi connectivity index (χ0n) is 12.3. The molecule has 0 heterocycles. The van der Waals surface area contributed by atoms with Gasteiger partial charge in [0, 0.05) is 24.7 Å². The molecule has 1 aliphatic carbocycles. The molecule has 0 unspecified atom stereocenters. The van der Waals surface area contributed by atoms with E-state index in [1.54, 1.807) is 13.2 Å². The molecule has 0 radical (unpaired) electrons. The molecule has 1 aromatic rings. The van der Waals surface area contributed by atoms with Gasteiger partial charge in [0.05, 0.1) is 10.5 Å². The number of hydrogen-bond acceptors (Lipinski definition) is 4. The Kier molecular flexibility index (Phi) is 5.10. The van der Waals surface area contributed by atoms with E-state index in [-0.39, 0.29) is 10.5 Å². The lowest BCUT2D eigenvalue weighted by atomic mass is 9.80. The maximum atomic E-state index is 12.5. The Balaban J connectivity index is 2.25. The molecule has 0 aliphatic heterocycles. The van der Waals surface area contributed by atoms with Crippen LogP contribution in [0.1, 0.15) is 30.4 Å². The molecular weight excluding hydrogens is 356 g/mol. The van der Waals surface area contributed by atoms with Crippen LogP contribution in [0.5, 0.6) is 0 Å². The lowest BCUT2D eigenvalue weighted by molar-refractivity contribution is -0.0659. The van der Waals surface area contributed by atoms with Gasteiger partial charge in [-0.1, -0.05) is 6.07 Å². The normalized spacial score (nSPS) is 17.5. The molecule has 21 heavy (non-hydrogen) atoms. The summed E-state index contributed by atoms with van der Waals surface area (Å²) in [5.74, 6) is 0. The number of rotatable bonds is 6.